The summed E-state index contributed by atoms with van der Waals surface area (Å²) in [5.74, 6) is 0. The molecule has 1 aromatic carbocycles. The number of hydrogen-bond acceptors (Lipinski definition) is 2. The zero-order chi connectivity index (χ0) is 11.5. The molecule has 0 fully saturated rings. The molecule has 0 heterocycles. The van der Waals surface area contributed by atoms with Gasteiger partial charge in [0, 0.05) is 0 Å². The zero-order valence-electron chi connectivity index (χ0n) is 9.70. The molecule has 2 nitrogen and oxygen atoms in total. The average Bonchev–Trinajstić information content (AvgIpc) is 2.20. The van der Waals surface area contributed by atoms with Crippen LogP contribution in [0.15, 0.2) is 24.3 Å². The van der Waals surface area contributed by atoms with E-state index in [-0.39, 0.29) is 12.0 Å². The average molecular weight is 208 g/mol. The summed E-state index contributed by atoms with van der Waals surface area (Å²) in [6.07, 6.45) is 0.105. The van der Waals surface area contributed by atoms with Crippen molar-refractivity contribution in [1.29, 1.82) is 0 Å². The normalized spacial score (nSPS) is 13.9. The van der Waals surface area contributed by atoms with Crippen LogP contribution < -0.4 is 0 Å². The van der Waals surface area contributed by atoms with Gasteiger partial charge >= 0.3 is 0 Å². The lowest BCUT2D eigenvalue weighted by Gasteiger charge is -2.29. The quantitative estimate of drug-likeness (QED) is 0.793. The van der Waals surface area contributed by atoms with E-state index in [9.17, 15) is 5.11 Å². The van der Waals surface area contributed by atoms with E-state index in [0.717, 1.165) is 6.42 Å². The third kappa shape index (κ3) is 3.33. The first-order valence-corrected chi connectivity index (χ1v) is 5.30. The van der Waals surface area contributed by atoms with Gasteiger partial charge in [-0.25, -0.2) is 0 Å². The standard InChI is InChI=1S/C13H20O2/c1-10-4-6-11(7-5-10)8-13(2,3)12(15)9-14/h4-7,12,14-15H,8-9H2,1-3H3/t12-/m1/s1. The molecule has 0 saturated carbocycles. The molecule has 0 aromatic heterocycles. The molecule has 0 aliphatic carbocycles. The molecule has 0 radical (unpaired) electrons. The Kier molecular flexibility index (Phi) is 3.89. The van der Waals surface area contributed by atoms with Gasteiger partial charge in [0.15, 0.2) is 0 Å². The summed E-state index contributed by atoms with van der Waals surface area (Å²) in [4.78, 5) is 0. The molecule has 0 amide bonds. The van der Waals surface area contributed by atoms with Gasteiger partial charge in [-0.3, -0.25) is 0 Å². The molecule has 0 saturated heterocycles. The van der Waals surface area contributed by atoms with Crippen LogP contribution in [-0.2, 0) is 6.42 Å². The van der Waals surface area contributed by atoms with Gasteiger partial charge in [0.05, 0.1) is 12.7 Å². The Bertz CT molecular complexity index is 301. The van der Waals surface area contributed by atoms with Crippen LogP contribution >= 0.6 is 0 Å². The van der Waals surface area contributed by atoms with Crippen molar-refractivity contribution in [3.8, 4) is 0 Å². The monoisotopic (exact) mass is 208 g/mol. The second-order valence-electron chi connectivity index (χ2n) is 4.85. The predicted molar refractivity (Wildman–Crippen MR) is 61.8 cm³/mol. The highest BCUT2D eigenvalue weighted by Crippen LogP contribution is 2.26. The lowest BCUT2D eigenvalue weighted by atomic mass is 9.80. The Labute approximate surface area is 91.6 Å². The number of aliphatic hydroxyl groups is 2. The first kappa shape index (κ1) is 12.2. The van der Waals surface area contributed by atoms with Crippen LogP contribution in [0.2, 0.25) is 0 Å². The molecule has 84 valence electrons. The SMILES string of the molecule is Cc1ccc(CC(C)(C)[C@H](O)CO)cc1. The molecular formula is C13H20O2. The molecular weight excluding hydrogens is 188 g/mol. The van der Waals surface area contributed by atoms with Gasteiger partial charge in [0.1, 0.15) is 0 Å². The van der Waals surface area contributed by atoms with E-state index < -0.39 is 6.10 Å². The zero-order valence-corrected chi connectivity index (χ0v) is 9.70. The molecule has 1 aromatic rings. The van der Waals surface area contributed by atoms with E-state index in [2.05, 4.69) is 31.2 Å². The van der Waals surface area contributed by atoms with Crippen molar-refractivity contribution >= 4 is 0 Å². The van der Waals surface area contributed by atoms with Crippen LogP contribution in [0, 0.1) is 12.3 Å². The predicted octanol–water partition coefficient (Wildman–Crippen LogP) is 1.92. The minimum atomic E-state index is -0.668. The molecule has 0 aliphatic heterocycles. The lowest BCUT2D eigenvalue weighted by molar-refractivity contribution is 0.00380. The number of benzene rings is 1. The third-order valence-corrected chi connectivity index (χ3v) is 2.86. The summed E-state index contributed by atoms with van der Waals surface area (Å²) in [6, 6.07) is 8.27. The second-order valence-corrected chi connectivity index (χ2v) is 4.85. The van der Waals surface area contributed by atoms with Crippen molar-refractivity contribution in [2.24, 2.45) is 5.41 Å². The highest BCUT2D eigenvalue weighted by Gasteiger charge is 2.27. The summed E-state index contributed by atoms with van der Waals surface area (Å²) in [5, 5.41) is 18.6. The lowest BCUT2D eigenvalue weighted by Crippen LogP contribution is -2.34. The van der Waals surface area contributed by atoms with Crippen molar-refractivity contribution in [3.63, 3.8) is 0 Å². The molecule has 1 atom stereocenters. The summed E-state index contributed by atoms with van der Waals surface area (Å²) in [7, 11) is 0. The Morgan fingerprint density at radius 2 is 1.73 bits per heavy atom. The number of hydrogen-bond donors (Lipinski definition) is 2. The maximum atomic E-state index is 9.65. The van der Waals surface area contributed by atoms with E-state index in [4.69, 9.17) is 5.11 Å². The van der Waals surface area contributed by atoms with Crippen LogP contribution in [-0.4, -0.2) is 22.9 Å². The first-order chi connectivity index (χ1) is 6.95. The number of aryl methyl sites for hydroxylation is 1. The number of aliphatic hydroxyl groups excluding tert-OH is 2. The Balaban J connectivity index is 2.72. The highest BCUT2D eigenvalue weighted by molar-refractivity contribution is 5.22. The fourth-order valence-corrected chi connectivity index (χ4v) is 1.60. The second kappa shape index (κ2) is 4.77. The smallest absolute Gasteiger partial charge is 0.0824 e. The van der Waals surface area contributed by atoms with Gasteiger partial charge in [0.2, 0.25) is 0 Å². The van der Waals surface area contributed by atoms with E-state index in [0.29, 0.717) is 0 Å². The molecule has 0 spiro atoms. The van der Waals surface area contributed by atoms with Crippen LogP contribution in [0.1, 0.15) is 25.0 Å². The highest BCUT2D eigenvalue weighted by atomic mass is 16.3. The molecule has 2 heteroatoms. The Morgan fingerprint density at radius 1 is 1.20 bits per heavy atom. The number of rotatable bonds is 4. The van der Waals surface area contributed by atoms with Gasteiger partial charge in [-0.1, -0.05) is 43.7 Å². The van der Waals surface area contributed by atoms with Gasteiger partial charge in [-0.2, -0.15) is 0 Å². The molecule has 0 unspecified atom stereocenters. The topological polar surface area (TPSA) is 40.5 Å². The van der Waals surface area contributed by atoms with E-state index in [1.165, 1.54) is 11.1 Å². The van der Waals surface area contributed by atoms with Crippen molar-refractivity contribution in [3.05, 3.63) is 35.4 Å². The molecule has 1 rings (SSSR count). The maximum absolute atomic E-state index is 9.65. The van der Waals surface area contributed by atoms with Gasteiger partial charge < -0.3 is 10.2 Å². The van der Waals surface area contributed by atoms with Gasteiger partial charge in [-0.15, -0.1) is 0 Å². The maximum Gasteiger partial charge on any atom is 0.0824 e. The van der Waals surface area contributed by atoms with Crippen LogP contribution in [0.4, 0.5) is 0 Å². The Morgan fingerprint density at radius 3 is 2.20 bits per heavy atom. The Hall–Kier alpha value is -0.860. The van der Waals surface area contributed by atoms with Crippen LogP contribution in [0.25, 0.3) is 0 Å². The summed E-state index contributed by atoms with van der Waals surface area (Å²) >= 11 is 0. The molecule has 15 heavy (non-hydrogen) atoms. The molecule has 2 N–H and O–H groups in total. The van der Waals surface area contributed by atoms with E-state index in [1.54, 1.807) is 0 Å². The largest absolute Gasteiger partial charge is 0.394 e. The van der Waals surface area contributed by atoms with Crippen molar-refractivity contribution in [2.45, 2.75) is 33.3 Å². The summed E-state index contributed by atoms with van der Waals surface area (Å²) in [6.45, 7) is 5.80. The molecule has 0 aliphatic rings. The van der Waals surface area contributed by atoms with Crippen molar-refractivity contribution in [2.75, 3.05) is 6.61 Å². The minimum absolute atomic E-state index is 0.182. The van der Waals surface area contributed by atoms with Gasteiger partial charge in [-0.05, 0) is 24.3 Å². The van der Waals surface area contributed by atoms with Gasteiger partial charge in [0.25, 0.3) is 0 Å². The van der Waals surface area contributed by atoms with Crippen molar-refractivity contribution in [1.82, 2.24) is 0 Å². The minimum Gasteiger partial charge on any atom is -0.394 e. The first-order valence-electron chi connectivity index (χ1n) is 5.30. The summed E-state index contributed by atoms with van der Waals surface area (Å²) < 4.78 is 0. The van der Waals surface area contributed by atoms with Crippen molar-refractivity contribution < 1.29 is 10.2 Å². The van der Waals surface area contributed by atoms with E-state index >= 15 is 0 Å². The van der Waals surface area contributed by atoms with Crippen LogP contribution in [0.5, 0.6) is 0 Å². The summed E-state index contributed by atoms with van der Waals surface area (Å²) in [5.41, 5.74) is 2.14. The fraction of sp³-hybridized carbons (Fsp3) is 0.538. The van der Waals surface area contributed by atoms with Crippen LogP contribution in [0.3, 0.4) is 0 Å². The fourth-order valence-electron chi connectivity index (χ4n) is 1.60. The third-order valence-electron chi connectivity index (χ3n) is 2.86. The molecule has 0 bridgehead atoms. The van der Waals surface area contributed by atoms with E-state index in [1.807, 2.05) is 13.8 Å².